The molecule has 214 valence electrons. The van der Waals surface area contributed by atoms with Crippen LogP contribution >= 0.6 is 0 Å². The minimum Gasteiger partial charge on any atom is -0.465 e. The number of nitrogens with one attached hydrogen (secondary N) is 3. The molecule has 0 unspecified atom stereocenters. The fourth-order valence-corrected chi connectivity index (χ4v) is 5.88. The van der Waals surface area contributed by atoms with Crippen LogP contribution in [0.1, 0.15) is 73.6 Å². The van der Waals surface area contributed by atoms with Gasteiger partial charge in [0.15, 0.2) is 0 Å². The number of nitrogens with zero attached hydrogens (tertiary/aromatic N) is 1. The molecule has 3 fully saturated rings. The second kappa shape index (κ2) is 10.4. The van der Waals surface area contributed by atoms with Crippen molar-refractivity contribution in [2.45, 2.75) is 104 Å². The Labute approximate surface area is 221 Å². The van der Waals surface area contributed by atoms with Gasteiger partial charge in [0, 0.05) is 19.0 Å². The van der Waals surface area contributed by atoms with Gasteiger partial charge in [0.05, 0.1) is 6.04 Å². The maximum absolute atomic E-state index is 13.7. The number of hydrogen-bond donors (Lipinski definition) is 4. The van der Waals surface area contributed by atoms with Crippen LogP contribution in [0.15, 0.2) is 0 Å². The maximum Gasteiger partial charge on any atom is 0.405 e. The van der Waals surface area contributed by atoms with E-state index in [4.69, 9.17) is 0 Å². The fourth-order valence-electron chi connectivity index (χ4n) is 5.88. The van der Waals surface area contributed by atoms with E-state index in [1.54, 1.807) is 20.8 Å². The monoisotopic (exact) mass is 542 g/mol. The topological polar surface area (TPSA) is 145 Å². The first-order valence-electron chi connectivity index (χ1n) is 13.1. The van der Waals surface area contributed by atoms with Gasteiger partial charge in [0.1, 0.15) is 12.1 Å². The molecule has 0 aromatic carbocycles. The molecule has 3 rings (SSSR count). The predicted molar refractivity (Wildman–Crippen MR) is 133 cm³/mol. The second-order valence-electron chi connectivity index (χ2n) is 12.9. The number of carbonyl (C=O) groups excluding carboxylic acids is 4. The van der Waals surface area contributed by atoms with Crippen molar-refractivity contribution in [3.05, 3.63) is 0 Å². The van der Waals surface area contributed by atoms with Gasteiger partial charge in [-0.25, -0.2) is 13.6 Å². The zero-order chi connectivity index (χ0) is 28.8. The molecular weight excluding hydrogens is 502 g/mol. The third-order valence-corrected chi connectivity index (χ3v) is 7.88. The molecule has 4 amide bonds. The van der Waals surface area contributed by atoms with E-state index in [1.807, 2.05) is 13.8 Å². The van der Waals surface area contributed by atoms with Gasteiger partial charge < -0.3 is 26.0 Å². The summed E-state index contributed by atoms with van der Waals surface area (Å²) in [4.78, 5) is 65.5. The van der Waals surface area contributed by atoms with Crippen molar-refractivity contribution in [1.82, 2.24) is 20.9 Å². The normalized spacial score (nSPS) is 25.9. The van der Waals surface area contributed by atoms with E-state index in [2.05, 4.69) is 16.0 Å². The molecule has 1 heterocycles. The molecule has 0 aromatic rings. The highest BCUT2D eigenvalue weighted by molar-refractivity contribution is 6.38. The molecule has 1 saturated heterocycles. The minimum absolute atomic E-state index is 0.0116. The van der Waals surface area contributed by atoms with Gasteiger partial charge in [-0.05, 0) is 55.3 Å². The van der Waals surface area contributed by atoms with Crippen LogP contribution in [0.2, 0.25) is 0 Å². The summed E-state index contributed by atoms with van der Waals surface area (Å²) >= 11 is 0. The van der Waals surface area contributed by atoms with E-state index in [9.17, 15) is 37.9 Å². The lowest BCUT2D eigenvalue weighted by molar-refractivity contribution is -0.146. The number of likely N-dealkylation sites (tertiary alicyclic amines) is 1. The van der Waals surface area contributed by atoms with E-state index < -0.39 is 71.9 Å². The first kappa shape index (κ1) is 29.8. The molecule has 2 saturated carbocycles. The molecule has 0 bridgehead atoms. The number of halogens is 2. The third-order valence-electron chi connectivity index (χ3n) is 7.88. The fraction of sp³-hybridized carbons (Fsp3) is 0.808. The quantitative estimate of drug-likeness (QED) is 0.312. The summed E-state index contributed by atoms with van der Waals surface area (Å²) in [6.45, 7) is 9.95. The largest absolute Gasteiger partial charge is 0.465 e. The standard InChI is InChI=1S/C26H40F2N4O6/c1-24(2,3)19(31-23(37)38)22(36)32-12-13-11-25(4,5)16(13)17(32)20(34)30-15(9-10-26(6,27)28)18(33)21(35)29-14-7-8-14/h13-17,19,31H,7-12H2,1-6H3,(H,29,35)(H,30,34)(H,37,38)/t13-,15-,16-,17-,19+/m0/s1. The highest BCUT2D eigenvalue weighted by Gasteiger charge is 2.61. The maximum atomic E-state index is 13.7. The van der Waals surface area contributed by atoms with Crippen LogP contribution in [-0.4, -0.2) is 76.2 Å². The van der Waals surface area contributed by atoms with Crippen LogP contribution in [0, 0.1) is 22.7 Å². The number of hydrogen-bond acceptors (Lipinski definition) is 5. The Morgan fingerprint density at radius 2 is 1.66 bits per heavy atom. The molecule has 4 N–H and O–H groups in total. The Balaban J connectivity index is 1.88. The molecular formula is C26H40F2N4O6. The summed E-state index contributed by atoms with van der Waals surface area (Å²) in [6.07, 6.45) is -0.365. The summed E-state index contributed by atoms with van der Waals surface area (Å²) in [5, 5.41) is 16.7. The van der Waals surface area contributed by atoms with Gasteiger partial charge in [0.25, 0.3) is 5.91 Å². The van der Waals surface area contributed by atoms with E-state index in [1.165, 1.54) is 4.90 Å². The summed E-state index contributed by atoms with van der Waals surface area (Å²) in [7, 11) is 0. The van der Waals surface area contributed by atoms with Crippen molar-refractivity contribution in [3.63, 3.8) is 0 Å². The van der Waals surface area contributed by atoms with Crippen molar-refractivity contribution < 1.29 is 37.9 Å². The molecule has 0 spiro atoms. The van der Waals surface area contributed by atoms with E-state index in [0.717, 1.165) is 19.3 Å². The van der Waals surface area contributed by atoms with Gasteiger partial charge in [-0.2, -0.15) is 0 Å². The van der Waals surface area contributed by atoms with Crippen molar-refractivity contribution >= 4 is 29.6 Å². The Morgan fingerprint density at radius 3 is 2.13 bits per heavy atom. The molecule has 10 nitrogen and oxygen atoms in total. The molecule has 2 aliphatic carbocycles. The van der Waals surface area contributed by atoms with Gasteiger partial charge >= 0.3 is 6.09 Å². The van der Waals surface area contributed by atoms with Gasteiger partial charge in [-0.1, -0.05) is 34.6 Å². The Hall–Kier alpha value is -2.79. The Morgan fingerprint density at radius 1 is 1.05 bits per heavy atom. The number of Topliss-reactive ketones (excluding diaryl/α,β-unsaturated/α-hetero) is 1. The zero-order valence-electron chi connectivity index (χ0n) is 22.9. The summed E-state index contributed by atoms with van der Waals surface area (Å²) < 4.78 is 27.3. The number of ketones is 1. The molecule has 0 radical (unpaired) electrons. The lowest BCUT2D eigenvalue weighted by Crippen LogP contribution is -2.61. The summed E-state index contributed by atoms with van der Waals surface area (Å²) in [6, 6.07) is -3.80. The minimum atomic E-state index is -3.12. The van der Waals surface area contributed by atoms with Gasteiger partial charge in [-0.15, -0.1) is 0 Å². The number of carbonyl (C=O) groups is 5. The van der Waals surface area contributed by atoms with Crippen LogP contribution < -0.4 is 16.0 Å². The van der Waals surface area contributed by atoms with Crippen LogP contribution in [0.4, 0.5) is 13.6 Å². The number of carboxylic acid groups (broad SMARTS) is 1. The van der Waals surface area contributed by atoms with Crippen LogP contribution in [0.5, 0.6) is 0 Å². The summed E-state index contributed by atoms with van der Waals surface area (Å²) in [5.74, 6) is -6.62. The third kappa shape index (κ3) is 6.79. The van der Waals surface area contributed by atoms with Crippen molar-refractivity contribution in [2.75, 3.05) is 6.54 Å². The van der Waals surface area contributed by atoms with Crippen LogP contribution in [-0.2, 0) is 19.2 Å². The molecule has 0 aromatic heterocycles. The van der Waals surface area contributed by atoms with Crippen molar-refractivity contribution in [1.29, 1.82) is 0 Å². The molecule has 5 atom stereocenters. The summed E-state index contributed by atoms with van der Waals surface area (Å²) in [5.41, 5.74) is -1.13. The molecule has 12 heteroatoms. The van der Waals surface area contributed by atoms with E-state index in [-0.39, 0.29) is 29.8 Å². The van der Waals surface area contributed by atoms with Crippen LogP contribution in [0.3, 0.4) is 0 Å². The van der Waals surface area contributed by atoms with Crippen molar-refractivity contribution in [2.24, 2.45) is 22.7 Å². The second-order valence-corrected chi connectivity index (χ2v) is 12.9. The molecule has 38 heavy (non-hydrogen) atoms. The lowest BCUT2D eigenvalue weighted by Gasteiger charge is -2.49. The highest BCUT2D eigenvalue weighted by atomic mass is 19.3. The van der Waals surface area contributed by atoms with Crippen molar-refractivity contribution in [3.8, 4) is 0 Å². The molecule has 3 aliphatic rings. The van der Waals surface area contributed by atoms with Gasteiger partial charge in [0.2, 0.25) is 23.5 Å². The number of fused-ring (bicyclic) bond motifs is 1. The average molecular weight is 543 g/mol. The predicted octanol–water partition coefficient (Wildman–Crippen LogP) is 2.31. The number of amides is 4. The Kier molecular flexibility index (Phi) is 8.15. The smallest absolute Gasteiger partial charge is 0.405 e. The first-order valence-corrected chi connectivity index (χ1v) is 13.1. The van der Waals surface area contributed by atoms with E-state index >= 15 is 0 Å². The lowest BCUT2D eigenvalue weighted by atomic mass is 9.55. The first-order chi connectivity index (χ1) is 17.3. The average Bonchev–Trinajstić information content (AvgIpc) is 3.50. The van der Waals surface area contributed by atoms with Gasteiger partial charge in [-0.3, -0.25) is 19.2 Å². The zero-order valence-corrected chi connectivity index (χ0v) is 22.9. The molecule has 1 aliphatic heterocycles. The van der Waals surface area contributed by atoms with Crippen LogP contribution in [0.25, 0.3) is 0 Å². The highest BCUT2D eigenvalue weighted by Crippen LogP contribution is 2.57. The Bertz CT molecular complexity index is 985. The van der Waals surface area contributed by atoms with E-state index in [0.29, 0.717) is 6.92 Å². The number of rotatable bonds is 10. The number of alkyl halides is 2. The SMILES string of the molecule is CC(F)(F)CC[C@H](NC(=O)[C@@H]1[C@@H]2[C@H](CN1C(=O)[C@@H](NC(=O)O)C(C)(C)C)CC2(C)C)C(=O)C(=O)NC1CC1.